The normalized spacial score (nSPS) is 29.8. The summed E-state index contributed by atoms with van der Waals surface area (Å²) in [5.41, 5.74) is 0. The van der Waals surface area contributed by atoms with Gasteiger partial charge in [0.25, 0.3) is 0 Å². The minimum Gasteiger partial charge on any atom is -0.313 e. The molecule has 2 saturated heterocycles. The van der Waals surface area contributed by atoms with Gasteiger partial charge in [-0.05, 0) is 52.2 Å². The Morgan fingerprint density at radius 2 is 1.89 bits per heavy atom. The largest absolute Gasteiger partial charge is 0.313 e. The molecule has 2 aliphatic rings. The molecule has 106 valence electrons. The average Bonchev–Trinajstić information content (AvgIpc) is 3.04. The molecule has 0 saturated carbocycles. The van der Waals surface area contributed by atoms with Crippen molar-refractivity contribution < 1.29 is 0 Å². The summed E-state index contributed by atoms with van der Waals surface area (Å²) >= 11 is 0. The Morgan fingerprint density at radius 3 is 2.50 bits per heavy atom. The van der Waals surface area contributed by atoms with E-state index in [2.05, 4.69) is 35.9 Å². The molecule has 0 radical (unpaired) electrons. The molecule has 3 heteroatoms. The standard InChI is InChI=1S/C15H31N3/c1-4-15(16-5-2)13(3)18-11-8-14(12-18)17-9-6-7-10-17/h13-16H,4-12H2,1-3H3. The minimum absolute atomic E-state index is 0.660. The van der Waals surface area contributed by atoms with Crippen molar-refractivity contribution in [2.45, 2.75) is 64.6 Å². The zero-order valence-electron chi connectivity index (χ0n) is 12.5. The van der Waals surface area contributed by atoms with Crippen LogP contribution in [0.15, 0.2) is 0 Å². The predicted molar refractivity (Wildman–Crippen MR) is 78.0 cm³/mol. The molecule has 3 unspecified atom stereocenters. The molecule has 2 fully saturated rings. The van der Waals surface area contributed by atoms with E-state index in [0.29, 0.717) is 12.1 Å². The van der Waals surface area contributed by atoms with Gasteiger partial charge in [0, 0.05) is 31.2 Å². The molecule has 3 nitrogen and oxygen atoms in total. The van der Waals surface area contributed by atoms with E-state index in [9.17, 15) is 0 Å². The molecule has 2 aliphatic heterocycles. The highest BCUT2D eigenvalue weighted by molar-refractivity contribution is 4.90. The first kappa shape index (κ1) is 14.3. The molecule has 3 atom stereocenters. The van der Waals surface area contributed by atoms with Gasteiger partial charge < -0.3 is 5.32 Å². The third kappa shape index (κ3) is 3.25. The minimum atomic E-state index is 0.660. The zero-order valence-corrected chi connectivity index (χ0v) is 12.5. The number of hydrogen-bond donors (Lipinski definition) is 1. The summed E-state index contributed by atoms with van der Waals surface area (Å²) in [7, 11) is 0. The summed E-state index contributed by atoms with van der Waals surface area (Å²) in [5.74, 6) is 0. The maximum absolute atomic E-state index is 3.64. The Morgan fingerprint density at radius 1 is 1.17 bits per heavy atom. The van der Waals surface area contributed by atoms with Gasteiger partial charge in [0.1, 0.15) is 0 Å². The molecule has 0 aliphatic carbocycles. The lowest BCUT2D eigenvalue weighted by Crippen LogP contribution is -2.48. The number of nitrogens with zero attached hydrogens (tertiary/aromatic N) is 2. The molecule has 2 heterocycles. The Hall–Kier alpha value is -0.120. The summed E-state index contributed by atoms with van der Waals surface area (Å²) < 4.78 is 0. The van der Waals surface area contributed by atoms with Crippen molar-refractivity contribution in [3.8, 4) is 0 Å². The maximum Gasteiger partial charge on any atom is 0.0235 e. The van der Waals surface area contributed by atoms with Crippen LogP contribution in [0.2, 0.25) is 0 Å². The van der Waals surface area contributed by atoms with Crippen LogP contribution >= 0.6 is 0 Å². The van der Waals surface area contributed by atoms with E-state index in [1.165, 1.54) is 51.9 Å². The van der Waals surface area contributed by atoms with Crippen molar-refractivity contribution in [1.29, 1.82) is 0 Å². The zero-order chi connectivity index (χ0) is 13.0. The lowest BCUT2D eigenvalue weighted by molar-refractivity contribution is 0.177. The summed E-state index contributed by atoms with van der Waals surface area (Å²) in [4.78, 5) is 5.43. The molecule has 1 N–H and O–H groups in total. The summed E-state index contributed by atoms with van der Waals surface area (Å²) in [6.07, 6.45) is 5.45. The smallest absolute Gasteiger partial charge is 0.0235 e. The van der Waals surface area contributed by atoms with E-state index < -0.39 is 0 Å². The van der Waals surface area contributed by atoms with Crippen LogP contribution in [0.1, 0.15) is 46.5 Å². The molecular weight excluding hydrogens is 222 g/mol. The SMILES string of the molecule is CCNC(CC)C(C)N1CCC(N2CCCC2)C1. The van der Waals surface area contributed by atoms with Crippen LogP contribution in [0.3, 0.4) is 0 Å². The van der Waals surface area contributed by atoms with E-state index >= 15 is 0 Å². The van der Waals surface area contributed by atoms with Crippen LogP contribution < -0.4 is 5.32 Å². The fourth-order valence-corrected chi connectivity index (χ4v) is 3.72. The van der Waals surface area contributed by atoms with E-state index in [4.69, 9.17) is 0 Å². The van der Waals surface area contributed by atoms with E-state index in [0.717, 1.165) is 12.6 Å². The number of likely N-dealkylation sites (tertiary alicyclic amines) is 2. The van der Waals surface area contributed by atoms with Gasteiger partial charge in [-0.1, -0.05) is 13.8 Å². The molecular formula is C15H31N3. The Bertz CT molecular complexity index is 238. The van der Waals surface area contributed by atoms with Gasteiger partial charge in [-0.25, -0.2) is 0 Å². The van der Waals surface area contributed by atoms with E-state index in [1.54, 1.807) is 0 Å². The molecule has 0 bridgehead atoms. The van der Waals surface area contributed by atoms with Gasteiger partial charge in [-0.15, -0.1) is 0 Å². The lowest BCUT2D eigenvalue weighted by atomic mass is 10.1. The Labute approximate surface area is 113 Å². The van der Waals surface area contributed by atoms with Gasteiger partial charge in [0.05, 0.1) is 0 Å². The van der Waals surface area contributed by atoms with Crippen molar-refractivity contribution >= 4 is 0 Å². The molecule has 0 amide bonds. The van der Waals surface area contributed by atoms with Crippen molar-refractivity contribution in [2.75, 3.05) is 32.7 Å². The molecule has 0 aromatic heterocycles. The third-order valence-electron chi connectivity index (χ3n) is 4.92. The number of nitrogens with one attached hydrogen (secondary N) is 1. The van der Waals surface area contributed by atoms with Gasteiger partial charge in [-0.3, -0.25) is 9.80 Å². The van der Waals surface area contributed by atoms with E-state index in [-0.39, 0.29) is 0 Å². The number of rotatable bonds is 6. The topological polar surface area (TPSA) is 18.5 Å². The van der Waals surface area contributed by atoms with Crippen molar-refractivity contribution in [3.63, 3.8) is 0 Å². The summed E-state index contributed by atoms with van der Waals surface area (Å²) in [6.45, 7) is 13.3. The van der Waals surface area contributed by atoms with Gasteiger partial charge >= 0.3 is 0 Å². The van der Waals surface area contributed by atoms with Crippen LogP contribution in [0.5, 0.6) is 0 Å². The highest BCUT2D eigenvalue weighted by Gasteiger charge is 2.33. The highest BCUT2D eigenvalue weighted by Crippen LogP contribution is 2.23. The fraction of sp³-hybridized carbons (Fsp3) is 1.00. The van der Waals surface area contributed by atoms with Gasteiger partial charge in [0.15, 0.2) is 0 Å². The average molecular weight is 253 g/mol. The second-order valence-corrected chi connectivity index (χ2v) is 5.99. The van der Waals surface area contributed by atoms with Crippen molar-refractivity contribution in [2.24, 2.45) is 0 Å². The lowest BCUT2D eigenvalue weighted by Gasteiger charge is -2.32. The monoisotopic (exact) mass is 253 g/mol. The van der Waals surface area contributed by atoms with Gasteiger partial charge in [-0.2, -0.15) is 0 Å². The Balaban J connectivity index is 1.83. The fourth-order valence-electron chi connectivity index (χ4n) is 3.72. The molecule has 0 aromatic carbocycles. The second kappa shape index (κ2) is 6.88. The first-order chi connectivity index (χ1) is 8.76. The third-order valence-corrected chi connectivity index (χ3v) is 4.92. The summed E-state index contributed by atoms with van der Waals surface area (Å²) in [6, 6.07) is 2.18. The van der Waals surface area contributed by atoms with Crippen LogP contribution in [-0.4, -0.2) is 60.6 Å². The maximum atomic E-state index is 3.64. The highest BCUT2D eigenvalue weighted by atomic mass is 15.3. The second-order valence-electron chi connectivity index (χ2n) is 5.99. The van der Waals surface area contributed by atoms with Crippen LogP contribution in [0.4, 0.5) is 0 Å². The number of likely N-dealkylation sites (N-methyl/N-ethyl adjacent to an activating group) is 1. The first-order valence-electron chi connectivity index (χ1n) is 7.97. The van der Waals surface area contributed by atoms with Crippen LogP contribution in [0.25, 0.3) is 0 Å². The molecule has 2 rings (SSSR count). The van der Waals surface area contributed by atoms with Crippen LogP contribution in [-0.2, 0) is 0 Å². The molecule has 18 heavy (non-hydrogen) atoms. The number of hydrogen-bond acceptors (Lipinski definition) is 3. The van der Waals surface area contributed by atoms with Crippen molar-refractivity contribution in [3.05, 3.63) is 0 Å². The quantitative estimate of drug-likeness (QED) is 0.780. The van der Waals surface area contributed by atoms with E-state index in [1.807, 2.05) is 0 Å². The van der Waals surface area contributed by atoms with Crippen LogP contribution in [0, 0.1) is 0 Å². The summed E-state index contributed by atoms with van der Waals surface area (Å²) in [5, 5.41) is 3.64. The molecule has 0 spiro atoms. The van der Waals surface area contributed by atoms with Gasteiger partial charge in [0.2, 0.25) is 0 Å². The molecule has 0 aromatic rings. The Kier molecular flexibility index (Phi) is 5.46. The first-order valence-corrected chi connectivity index (χ1v) is 7.97. The predicted octanol–water partition coefficient (Wildman–Crippen LogP) is 1.93. The van der Waals surface area contributed by atoms with Crippen molar-refractivity contribution in [1.82, 2.24) is 15.1 Å².